The molecule has 0 saturated carbocycles. The van der Waals surface area contributed by atoms with Gasteiger partial charge >= 0.3 is 21.4 Å². The van der Waals surface area contributed by atoms with Gasteiger partial charge in [-0.15, -0.1) is 0 Å². The number of benzene rings is 3. The summed E-state index contributed by atoms with van der Waals surface area (Å²) in [5.74, 6) is 0.657. The molecule has 0 fully saturated rings. The molecule has 1 heterocycles. The Bertz CT molecular complexity index is 1800. The van der Waals surface area contributed by atoms with Crippen LogP contribution in [0.4, 0.5) is 21.0 Å². The van der Waals surface area contributed by atoms with Crippen molar-refractivity contribution in [1.82, 2.24) is 14.9 Å². The highest BCUT2D eigenvalue weighted by molar-refractivity contribution is 8.06. The molecule has 3 aromatic carbocycles. The zero-order valence-corrected chi connectivity index (χ0v) is 25.9. The highest BCUT2D eigenvalue weighted by atomic mass is 32.2. The van der Waals surface area contributed by atoms with Gasteiger partial charge in [-0.2, -0.15) is 8.42 Å². The van der Waals surface area contributed by atoms with Crippen LogP contribution in [-0.4, -0.2) is 42.5 Å². The number of amides is 2. The number of nitrogens with one attached hydrogen (secondary N) is 3. The molecule has 0 aliphatic carbocycles. The summed E-state index contributed by atoms with van der Waals surface area (Å²) in [5, 5.41) is 4.48. The van der Waals surface area contributed by atoms with Gasteiger partial charge in [0.1, 0.15) is 5.82 Å². The number of nitrogens with zero attached hydrogens (tertiary/aromatic N) is 2. The number of unbranched alkanes of at least 4 members (excludes halogenated alkanes) is 1. The number of urea groups is 1. The first-order chi connectivity index (χ1) is 21.2. The van der Waals surface area contributed by atoms with E-state index in [2.05, 4.69) is 15.4 Å². The van der Waals surface area contributed by atoms with Crippen molar-refractivity contribution in [3.63, 3.8) is 0 Å². The van der Waals surface area contributed by atoms with E-state index in [0.29, 0.717) is 52.9 Å². The third kappa shape index (κ3) is 7.81. The van der Waals surface area contributed by atoms with E-state index in [-0.39, 0.29) is 30.4 Å². The molecule has 0 bridgehead atoms. The van der Waals surface area contributed by atoms with Crippen LogP contribution < -0.4 is 20.9 Å². The van der Waals surface area contributed by atoms with Gasteiger partial charge in [0.25, 0.3) is 5.56 Å². The maximum Gasteiger partial charge on any atom is 0.445 e. The van der Waals surface area contributed by atoms with Crippen molar-refractivity contribution in [2.75, 3.05) is 23.2 Å². The average molecular weight is 620 g/mol. The van der Waals surface area contributed by atoms with Crippen molar-refractivity contribution in [2.24, 2.45) is 0 Å². The monoisotopic (exact) mass is 619 g/mol. The van der Waals surface area contributed by atoms with Gasteiger partial charge in [0.15, 0.2) is 0 Å². The molecule has 0 aliphatic rings. The molecular formula is C32H37N5O6S. The first-order valence-electron chi connectivity index (χ1n) is 14.6. The molecule has 44 heavy (non-hydrogen) atoms. The number of hydrogen-bond acceptors (Lipinski definition) is 7. The minimum Gasteiger partial charge on any atom is -0.453 e. The van der Waals surface area contributed by atoms with Crippen molar-refractivity contribution in [3.05, 3.63) is 88.5 Å². The highest BCUT2D eigenvalue weighted by Crippen LogP contribution is 2.29. The minimum absolute atomic E-state index is 0.0311. The molecule has 11 nitrogen and oxygen atoms in total. The number of fused-ring (bicyclic) bond motifs is 1. The fourth-order valence-electron chi connectivity index (χ4n) is 4.62. The fourth-order valence-corrected chi connectivity index (χ4v) is 5.41. The largest absolute Gasteiger partial charge is 0.453 e. The van der Waals surface area contributed by atoms with Crippen LogP contribution in [0.15, 0.2) is 71.5 Å². The SMILES string of the molecule is CCCCOC(=O)S(=O)(=O)Nc1ccccc1-c1ccc(Cn2c(CCC)nc3ccc(NC(=O)NCC)cc3c2=O)cc1. The first kappa shape index (κ1) is 32.2. The average Bonchev–Trinajstić information content (AvgIpc) is 3.00. The maximum absolute atomic E-state index is 13.7. The number of sulfonamides is 1. The predicted octanol–water partition coefficient (Wildman–Crippen LogP) is 5.88. The summed E-state index contributed by atoms with van der Waals surface area (Å²) in [4.78, 5) is 42.6. The second kappa shape index (κ2) is 14.6. The molecule has 3 N–H and O–H groups in total. The lowest BCUT2D eigenvalue weighted by molar-refractivity contribution is 0.170. The number of aromatic nitrogens is 2. The maximum atomic E-state index is 13.7. The lowest BCUT2D eigenvalue weighted by Gasteiger charge is -2.15. The fraction of sp³-hybridized carbons (Fsp3) is 0.312. The summed E-state index contributed by atoms with van der Waals surface area (Å²) in [6.07, 6.45) is 2.74. The Hall–Kier alpha value is -4.71. The summed E-state index contributed by atoms with van der Waals surface area (Å²) in [7, 11) is -4.40. The van der Waals surface area contributed by atoms with Gasteiger partial charge in [-0.05, 0) is 55.2 Å². The van der Waals surface area contributed by atoms with E-state index < -0.39 is 15.3 Å². The second-order valence-corrected chi connectivity index (χ2v) is 11.7. The van der Waals surface area contributed by atoms with Crippen molar-refractivity contribution in [1.29, 1.82) is 0 Å². The van der Waals surface area contributed by atoms with E-state index >= 15 is 0 Å². The van der Waals surface area contributed by atoms with E-state index in [4.69, 9.17) is 9.72 Å². The summed E-state index contributed by atoms with van der Waals surface area (Å²) >= 11 is 0. The normalized spacial score (nSPS) is 11.2. The number of ether oxygens (including phenoxy) is 1. The lowest BCUT2D eigenvalue weighted by atomic mass is 10.0. The van der Waals surface area contributed by atoms with E-state index in [1.54, 1.807) is 47.0 Å². The van der Waals surface area contributed by atoms with Gasteiger partial charge in [-0.1, -0.05) is 62.7 Å². The van der Waals surface area contributed by atoms with Crippen LogP contribution in [0.2, 0.25) is 0 Å². The van der Waals surface area contributed by atoms with Gasteiger partial charge in [0.2, 0.25) is 0 Å². The minimum atomic E-state index is -4.40. The zero-order valence-electron chi connectivity index (χ0n) is 25.1. The Morgan fingerprint density at radius 1 is 0.955 bits per heavy atom. The molecule has 0 aliphatic heterocycles. The lowest BCUT2D eigenvalue weighted by Crippen LogP contribution is -2.28. The number of para-hydroxylation sites is 1. The van der Waals surface area contributed by atoms with Gasteiger partial charge in [0, 0.05) is 24.2 Å². The molecule has 0 radical (unpaired) electrons. The van der Waals surface area contributed by atoms with Crippen molar-refractivity contribution in [3.8, 4) is 11.1 Å². The molecule has 0 saturated heterocycles. The predicted molar refractivity (Wildman–Crippen MR) is 172 cm³/mol. The Kier molecular flexibility index (Phi) is 10.7. The summed E-state index contributed by atoms with van der Waals surface area (Å²) in [6.45, 7) is 6.52. The van der Waals surface area contributed by atoms with Gasteiger partial charge in [-0.3, -0.25) is 14.1 Å². The van der Waals surface area contributed by atoms with E-state index in [1.165, 1.54) is 0 Å². The molecule has 1 aromatic heterocycles. The molecule has 0 spiro atoms. The highest BCUT2D eigenvalue weighted by Gasteiger charge is 2.25. The Morgan fingerprint density at radius 3 is 2.41 bits per heavy atom. The molecule has 232 valence electrons. The van der Waals surface area contributed by atoms with Crippen molar-refractivity contribution < 1.29 is 22.7 Å². The molecular weight excluding hydrogens is 582 g/mol. The van der Waals surface area contributed by atoms with E-state index in [9.17, 15) is 22.8 Å². The summed E-state index contributed by atoms with van der Waals surface area (Å²) < 4.78 is 34.1. The second-order valence-electron chi connectivity index (χ2n) is 10.2. The Balaban J connectivity index is 1.61. The first-order valence-corrected chi connectivity index (χ1v) is 16.1. The summed E-state index contributed by atoms with van der Waals surface area (Å²) in [6, 6.07) is 18.9. The number of aryl methyl sites for hydroxylation is 1. The van der Waals surface area contributed by atoms with Crippen LogP contribution in [0.25, 0.3) is 22.0 Å². The van der Waals surface area contributed by atoms with Gasteiger partial charge in [-0.25, -0.2) is 14.6 Å². The molecule has 2 amide bonds. The number of anilines is 2. The van der Waals surface area contributed by atoms with Crippen LogP contribution >= 0.6 is 0 Å². The quantitative estimate of drug-likeness (QED) is 0.132. The van der Waals surface area contributed by atoms with Crippen LogP contribution in [0.5, 0.6) is 0 Å². The summed E-state index contributed by atoms with van der Waals surface area (Å²) in [5.41, 5.74) is 3.20. The number of rotatable bonds is 12. The topological polar surface area (TPSA) is 148 Å². The van der Waals surface area contributed by atoms with Crippen LogP contribution in [0.3, 0.4) is 0 Å². The van der Waals surface area contributed by atoms with Crippen molar-refractivity contribution >= 4 is 43.6 Å². The van der Waals surface area contributed by atoms with Gasteiger partial charge in [0.05, 0.1) is 29.7 Å². The van der Waals surface area contributed by atoms with Gasteiger partial charge < -0.3 is 15.4 Å². The third-order valence-corrected chi connectivity index (χ3v) is 7.86. The molecule has 0 atom stereocenters. The van der Waals surface area contributed by atoms with Crippen LogP contribution in [0.1, 0.15) is 51.4 Å². The van der Waals surface area contributed by atoms with E-state index in [0.717, 1.165) is 18.4 Å². The van der Waals surface area contributed by atoms with Crippen LogP contribution in [-0.2, 0) is 27.7 Å². The number of carbonyl (C=O) groups excluding carboxylic acids is 2. The standard InChI is InChI=1S/C32H37N5O6S/c1-4-7-19-43-32(40)44(41,42)36-28-12-9-8-11-25(28)23-15-13-22(14-16-23)21-37-29(10-5-2)35-27-18-17-24(20-26(27)30(37)38)34-31(39)33-6-3/h8-9,11-18,20,36H,4-7,10,19,21H2,1-3H3,(H2,33,34,39). The smallest absolute Gasteiger partial charge is 0.445 e. The number of hydrogen-bond donors (Lipinski definition) is 3. The molecule has 12 heteroatoms. The van der Waals surface area contributed by atoms with Crippen molar-refractivity contribution in [2.45, 2.75) is 53.0 Å². The van der Waals surface area contributed by atoms with Crippen LogP contribution in [0, 0.1) is 0 Å². The third-order valence-electron chi connectivity index (χ3n) is 6.82. The Morgan fingerprint density at radius 2 is 1.70 bits per heavy atom. The molecule has 4 aromatic rings. The molecule has 0 unspecified atom stereocenters. The Labute approximate surface area is 256 Å². The molecule has 4 rings (SSSR count). The zero-order chi connectivity index (χ0) is 31.7. The number of carbonyl (C=O) groups is 2. The van der Waals surface area contributed by atoms with E-state index in [1.807, 2.05) is 45.0 Å².